The van der Waals surface area contributed by atoms with E-state index in [1.807, 2.05) is 0 Å². The second-order valence-electron chi connectivity index (χ2n) is 2.29. The van der Waals surface area contributed by atoms with Crippen LogP contribution in [0.25, 0.3) is 0 Å². The van der Waals surface area contributed by atoms with Gasteiger partial charge in [-0.2, -0.15) is 8.78 Å². The fourth-order valence-electron chi connectivity index (χ4n) is 0.749. The highest BCUT2D eigenvalue weighted by Crippen LogP contribution is 2.53. The van der Waals surface area contributed by atoms with Gasteiger partial charge >= 0.3 is 6.17 Å². The van der Waals surface area contributed by atoms with E-state index in [1.54, 1.807) is 0 Å². The summed E-state index contributed by atoms with van der Waals surface area (Å²) in [6.07, 6.45) is -2.71. The van der Waals surface area contributed by atoms with E-state index in [1.165, 1.54) is 6.92 Å². The molecule has 0 spiro atoms. The lowest BCUT2D eigenvalue weighted by molar-refractivity contribution is 0.194. The Morgan fingerprint density at radius 2 is 2.17 bits per heavy atom. The van der Waals surface area contributed by atoms with Gasteiger partial charge in [0, 0.05) is 6.16 Å². The number of halogens is 2. The molecule has 2 N–H and O–H groups in total. The van der Waals surface area contributed by atoms with Crippen LogP contribution in [0.15, 0.2) is 0 Å². The van der Waals surface area contributed by atoms with Gasteiger partial charge in [-0.3, -0.25) is 4.57 Å². The molecule has 0 aliphatic carbocycles. The van der Waals surface area contributed by atoms with E-state index < -0.39 is 13.5 Å². The molecule has 3 nitrogen and oxygen atoms in total. The van der Waals surface area contributed by atoms with E-state index in [4.69, 9.17) is 5.73 Å². The molecule has 0 aliphatic heterocycles. The van der Waals surface area contributed by atoms with Crippen molar-refractivity contribution in [1.82, 2.24) is 0 Å². The third-order valence-corrected chi connectivity index (χ3v) is 3.55. The molecule has 0 bridgehead atoms. The Morgan fingerprint density at radius 3 is 2.50 bits per heavy atom. The van der Waals surface area contributed by atoms with E-state index in [0.29, 0.717) is 6.42 Å². The van der Waals surface area contributed by atoms with Gasteiger partial charge in [-0.1, -0.05) is 0 Å². The van der Waals surface area contributed by atoms with Crippen molar-refractivity contribution in [2.45, 2.75) is 19.5 Å². The van der Waals surface area contributed by atoms with Crippen molar-refractivity contribution in [3.05, 3.63) is 0 Å². The molecule has 0 radical (unpaired) electrons. The highest BCUT2D eigenvalue weighted by atomic mass is 31.2. The summed E-state index contributed by atoms with van der Waals surface area (Å²) in [5.41, 5.74) is 5.11. The minimum atomic E-state index is -3.72. The van der Waals surface area contributed by atoms with Crippen LogP contribution in [0.2, 0.25) is 0 Å². The van der Waals surface area contributed by atoms with Crippen LogP contribution in [-0.2, 0) is 9.09 Å². The largest absolute Gasteiger partial charge is 0.330 e. The van der Waals surface area contributed by atoms with Crippen LogP contribution >= 0.6 is 7.37 Å². The molecule has 74 valence electrons. The van der Waals surface area contributed by atoms with Crippen molar-refractivity contribution in [1.29, 1.82) is 0 Å². The Bertz CT molecular complexity index is 166. The van der Waals surface area contributed by atoms with Crippen molar-refractivity contribution in [2.24, 2.45) is 5.73 Å². The summed E-state index contributed by atoms with van der Waals surface area (Å²) in [4.78, 5) is 0. The fourth-order valence-corrected chi connectivity index (χ4v) is 2.25. The topological polar surface area (TPSA) is 52.3 Å². The molecule has 0 rings (SSSR count). The predicted octanol–water partition coefficient (Wildman–Crippen LogP) is 1.87. The van der Waals surface area contributed by atoms with Gasteiger partial charge < -0.3 is 10.3 Å². The first-order valence-corrected chi connectivity index (χ1v) is 5.66. The first-order chi connectivity index (χ1) is 5.56. The zero-order valence-corrected chi connectivity index (χ0v) is 7.90. The number of hydrogen-bond acceptors (Lipinski definition) is 3. The Morgan fingerprint density at radius 1 is 1.58 bits per heavy atom. The minimum absolute atomic E-state index is 0.0478. The number of hydrogen-bond donors (Lipinski definition) is 1. The molecular formula is C6H14F2NO2P. The Kier molecular flexibility index (Phi) is 5.63. The van der Waals surface area contributed by atoms with Crippen molar-refractivity contribution in [2.75, 3.05) is 19.3 Å². The van der Waals surface area contributed by atoms with Crippen LogP contribution in [0.3, 0.4) is 0 Å². The van der Waals surface area contributed by atoms with E-state index >= 15 is 0 Å². The lowest BCUT2D eigenvalue weighted by Gasteiger charge is -2.15. The van der Waals surface area contributed by atoms with Gasteiger partial charge in [0.25, 0.3) is 7.37 Å². The zero-order valence-electron chi connectivity index (χ0n) is 7.00. The first-order valence-electron chi connectivity index (χ1n) is 3.78. The van der Waals surface area contributed by atoms with E-state index in [-0.39, 0.29) is 19.3 Å². The lowest BCUT2D eigenvalue weighted by atomic mass is 10.5. The van der Waals surface area contributed by atoms with Gasteiger partial charge in [0.05, 0.1) is 6.61 Å². The molecule has 0 fully saturated rings. The molecule has 1 atom stereocenters. The quantitative estimate of drug-likeness (QED) is 0.667. The van der Waals surface area contributed by atoms with Crippen molar-refractivity contribution < 1.29 is 17.9 Å². The van der Waals surface area contributed by atoms with Gasteiger partial charge in [0.1, 0.15) is 0 Å². The summed E-state index contributed by atoms with van der Waals surface area (Å²) in [5.74, 6) is 0. The average molecular weight is 201 g/mol. The van der Waals surface area contributed by atoms with E-state index in [0.717, 1.165) is 0 Å². The molecule has 0 saturated carbocycles. The molecule has 0 aromatic rings. The summed E-state index contributed by atoms with van der Waals surface area (Å²) >= 11 is 0. The Labute approximate surface area is 70.7 Å². The van der Waals surface area contributed by atoms with Crippen LogP contribution in [-0.4, -0.2) is 25.5 Å². The predicted molar refractivity (Wildman–Crippen MR) is 43.8 cm³/mol. The molecule has 0 amide bonds. The minimum Gasteiger partial charge on any atom is -0.330 e. The maximum absolute atomic E-state index is 12.2. The lowest BCUT2D eigenvalue weighted by Crippen LogP contribution is -2.08. The van der Waals surface area contributed by atoms with Crippen LogP contribution in [0.5, 0.6) is 0 Å². The smallest absolute Gasteiger partial charge is 0.312 e. The third-order valence-electron chi connectivity index (χ3n) is 1.32. The molecule has 0 aromatic carbocycles. The fraction of sp³-hybridized carbons (Fsp3) is 1.00. The maximum Gasteiger partial charge on any atom is 0.312 e. The van der Waals surface area contributed by atoms with Gasteiger partial charge in [0.2, 0.25) is 0 Å². The summed E-state index contributed by atoms with van der Waals surface area (Å²) in [7, 11) is -3.72. The van der Waals surface area contributed by atoms with Crippen LogP contribution in [0, 0.1) is 0 Å². The normalized spacial score (nSPS) is 16.4. The molecule has 0 heterocycles. The van der Waals surface area contributed by atoms with Crippen molar-refractivity contribution >= 4 is 7.37 Å². The van der Waals surface area contributed by atoms with Gasteiger partial charge in [-0.25, -0.2) is 0 Å². The van der Waals surface area contributed by atoms with Crippen LogP contribution < -0.4 is 5.73 Å². The summed E-state index contributed by atoms with van der Waals surface area (Å²) < 4.78 is 40.1. The summed E-state index contributed by atoms with van der Waals surface area (Å²) in [6.45, 7) is 1.84. The molecule has 0 aromatic heterocycles. The summed E-state index contributed by atoms with van der Waals surface area (Å²) in [5, 5.41) is 0. The third kappa shape index (κ3) is 3.61. The van der Waals surface area contributed by atoms with Crippen LogP contribution in [0.1, 0.15) is 13.3 Å². The van der Waals surface area contributed by atoms with Gasteiger partial charge in [-0.05, 0) is 19.9 Å². The highest BCUT2D eigenvalue weighted by molar-refractivity contribution is 7.59. The van der Waals surface area contributed by atoms with E-state index in [2.05, 4.69) is 4.52 Å². The van der Waals surface area contributed by atoms with Gasteiger partial charge in [0.15, 0.2) is 0 Å². The van der Waals surface area contributed by atoms with Crippen LogP contribution in [0.4, 0.5) is 8.78 Å². The first kappa shape index (κ1) is 12.0. The maximum atomic E-state index is 12.2. The standard InChI is InChI=1S/C6H14F2NO2P/c1-2-11-12(10,6(7)8)5-3-4-9/h6H,2-5,9H2,1H3. The number of rotatable bonds is 6. The molecule has 6 heteroatoms. The van der Waals surface area contributed by atoms with Crippen molar-refractivity contribution in [3.63, 3.8) is 0 Å². The van der Waals surface area contributed by atoms with E-state index in [9.17, 15) is 13.3 Å². The Hall–Kier alpha value is 0.01000. The SMILES string of the molecule is CCOP(=O)(CCCN)C(F)F. The highest BCUT2D eigenvalue weighted by Gasteiger charge is 2.33. The van der Waals surface area contributed by atoms with Gasteiger partial charge in [-0.15, -0.1) is 0 Å². The monoisotopic (exact) mass is 201 g/mol. The number of alkyl halides is 2. The molecule has 12 heavy (non-hydrogen) atoms. The summed E-state index contributed by atoms with van der Waals surface area (Å²) in [6, 6.07) is 0. The molecular weight excluding hydrogens is 187 g/mol. The number of nitrogens with two attached hydrogens (primary N) is 1. The molecule has 0 saturated heterocycles. The molecule has 1 unspecified atom stereocenters. The second-order valence-corrected chi connectivity index (χ2v) is 4.84. The molecule has 0 aliphatic rings. The zero-order chi connectivity index (χ0) is 9.61. The Balaban J connectivity index is 4.09. The second kappa shape index (κ2) is 5.62. The van der Waals surface area contributed by atoms with Crippen molar-refractivity contribution in [3.8, 4) is 0 Å². The average Bonchev–Trinajstić information content (AvgIpc) is 2.01.